The molecule has 2 amide bonds. The lowest BCUT2D eigenvalue weighted by Gasteiger charge is -2.45. The van der Waals surface area contributed by atoms with Crippen LogP contribution in [-0.4, -0.2) is 35.3 Å². The van der Waals surface area contributed by atoms with Crippen LogP contribution in [0.15, 0.2) is 35.7 Å². The molecule has 1 saturated carbocycles. The van der Waals surface area contributed by atoms with Gasteiger partial charge in [-0.2, -0.15) is 0 Å². The molecule has 0 bridgehead atoms. The molecule has 1 N–H and O–H groups in total. The van der Waals surface area contributed by atoms with Gasteiger partial charge in [0, 0.05) is 17.5 Å². The van der Waals surface area contributed by atoms with Gasteiger partial charge in [0.05, 0.1) is 17.9 Å². The Bertz CT molecular complexity index is 947. The van der Waals surface area contributed by atoms with E-state index in [0.29, 0.717) is 6.54 Å². The minimum absolute atomic E-state index is 0.0205. The third-order valence-electron chi connectivity index (χ3n) is 6.85. The van der Waals surface area contributed by atoms with Crippen LogP contribution in [0.25, 0.3) is 0 Å². The number of nitrogens with one attached hydrogen (secondary N) is 1. The molecule has 2 aliphatic heterocycles. The fourth-order valence-corrected chi connectivity index (χ4v) is 6.42. The number of carbonyl (C=O) groups is 2. The molecule has 5 nitrogen and oxygen atoms in total. The summed E-state index contributed by atoms with van der Waals surface area (Å²) in [6.07, 6.45) is 5.44. The van der Waals surface area contributed by atoms with Crippen molar-refractivity contribution in [3.63, 3.8) is 0 Å². The number of nitrogens with zero attached hydrogens (tertiary/aromatic N) is 2. The molecule has 0 saturated heterocycles. The maximum atomic E-state index is 13.8. The number of hydrogen-bond acceptors (Lipinski definition) is 4. The van der Waals surface area contributed by atoms with E-state index in [1.54, 1.807) is 0 Å². The van der Waals surface area contributed by atoms with Crippen LogP contribution in [0.2, 0.25) is 0 Å². The van der Waals surface area contributed by atoms with Crippen molar-refractivity contribution in [2.24, 2.45) is 0 Å². The first-order valence-electron chi connectivity index (χ1n) is 10.7. The Morgan fingerprint density at radius 3 is 2.83 bits per heavy atom. The van der Waals surface area contributed by atoms with Crippen molar-refractivity contribution in [3.05, 3.63) is 46.2 Å². The average molecular weight is 410 g/mol. The van der Waals surface area contributed by atoms with Crippen molar-refractivity contribution in [2.75, 3.05) is 23.3 Å². The second-order valence-electron chi connectivity index (χ2n) is 8.38. The van der Waals surface area contributed by atoms with E-state index >= 15 is 0 Å². The number of para-hydroxylation sites is 2. The molecule has 1 aliphatic carbocycles. The lowest BCUT2D eigenvalue weighted by atomic mass is 9.89. The Morgan fingerprint density at radius 1 is 1.24 bits per heavy atom. The van der Waals surface area contributed by atoms with E-state index in [1.807, 2.05) is 40.5 Å². The van der Waals surface area contributed by atoms with Crippen molar-refractivity contribution < 1.29 is 9.59 Å². The maximum absolute atomic E-state index is 13.8. The van der Waals surface area contributed by atoms with E-state index in [4.69, 9.17) is 0 Å². The third-order valence-corrected chi connectivity index (χ3v) is 7.85. The predicted molar refractivity (Wildman–Crippen MR) is 116 cm³/mol. The van der Waals surface area contributed by atoms with E-state index in [-0.39, 0.29) is 17.9 Å². The molecule has 2 aromatic rings. The van der Waals surface area contributed by atoms with Crippen LogP contribution in [-0.2, 0) is 16.0 Å². The highest BCUT2D eigenvalue weighted by molar-refractivity contribution is 7.10. The minimum Gasteiger partial charge on any atom is -0.322 e. The number of carbonyl (C=O) groups excluding carboxylic acids is 2. The van der Waals surface area contributed by atoms with E-state index in [1.165, 1.54) is 10.4 Å². The van der Waals surface area contributed by atoms with E-state index in [2.05, 4.69) is 28.6 Å². The summed E-state index contributed by atoms with van der Waals surface area (Å²) in [5.74, 6) is 0.0270. The summed E-state index contributed by atoms with van der Waals surface area (Å²) < 4.78 is 0. The summed E-state index contributed by atoms with van der Waals surface area (Å²) in [5, 5.41) is 5.23. The molecule has 1 atom stereocenters. The van der Waals surface area contributed by atoms with E-state index < -0.39 is 5.54 Å². The molecule has 3 aliphatic rings. The Hall–Kier alpha value is -2.18. The van der Waals surface area contributed by atoms with Crippen LogP contribution < -0.4 is 10.2 Å². The van der Waals surface area contributed by atoms with Crippen LogP contribution in [0.4, 0.5) is 11.4 Å². The highest BCUT2D eigenvalue weighted by Crippen LogP contribution is 2.45. The van der Waals surface area contributed by atoms with Gasteiger partial charge in [-0.1, -0.05) is 31.9 Å². The molecule has 1 aromatic carbocycles. The average Bonchev–Trinajstić information content (AvgIpc) is 3.39. The van der Waals surface area contributed by atoms with Gasteiger partial charge in [0.2, 0.25) is 5.91 Å². The quantitative estimate of drug-likeness (QED) is 0.820. The molecule has 1 unspecified atom stereocenters. The van der Waals surface area contributed by atoms with Crippen LogP contribution in [0, 0.1) is 0 Å². The summed E-state index contributed by atoms with van der Waals surface area (Å²) in [7, 11) is 0. The van der Waals surface area contributed by atoms with Crippen molar-refractivity contribution in [2.45, 2.75) is 57.0 Å². The Kier molecular flexibility index (Phi) is 4.71. The highest BCUT2D eigenvalue weighted by atomic mass is 32.1. The zero-order chi connectivity index (χ0) is 20.0. The third kappa shape index (κ3) is 2.92. The zero-order valence-corrected chi connectivity index (χ0v) is 17.6. The monoisotopic (exact) mass is 409 g/mol. The number of anilines is 2. The van der Waals surface area contributed by atoms with Crippen molar-refractivity contribution in [1.29, 1.82) is 0 Å². The second-order valence-corrected chi connectivity index (χ2v) is 9.38. The van der Waals surface area contributed by atoms with Crippen molar-refractivity contribution in [1.82, 2.24) is 4.90 Å². The molecule has 5 rings (SSSR count). The molecular weight excluding hydrogens is 382 g/mol. The summed E-state index contributed by atoms with van der Waals surface area (Å²) in [5.41, 5.74) is 2.25. The molecule has 152 valence electrons. The lowest BCUT2D eigenvalue weighted by molar-refractivity contribution is -0.128. The largest absolute Gasteiger partial charge is 0.322 e. The number of rotatable bonds is 3. The number of fused-ring (bicyclic) bond motifs is 2. The summed E-state index contributed by atoms with van der Waals surface area (Å²) in [6, 6.07) is 10.2. The first kappa shape index (κ1) is 18.8. The van der Waals surface area contributed by atoms with Gasteiger partial charge in [-0.25, -0.2) is 0 Å². The van der Waals surface area contributed by atoms with Gasteiger partial charge in [0.25, 0.3) is 5.91 Å². The van der Waals surface area contributed by atoms with Crippen LogP contribution >= 0.6 is 11.3 Å². The summed E-state index contributed by atoms with van der Waals surface area (Å²) in [4.78, 5) is 32.5. The fraction of sp³-hybridized carbons (Fsp3) is 0.478. The summed E-state index contributed by atoms with van der Waals surface area (Å²) >= 11 is 1.82. The van der Waals surface area contributed by atoms with Crippen molar-refractivity contribution >= 4 is 34.5 Å². The van der Waals surface area contributed by atoms with Crippen molar-refractivity contribution in [3.8, 4) is 0 Å². The lowest BCUT2D eigenvalue weighted by Crippen LogP contribution is -2.62. The minimum atomic E-state index is -0.726. The van der Waals surface area contributed by atoms with Crippen LogP contribution in [0.5, 0.6) is 0 Å². The zero-order valence-electron chi connectivity index (χ0n) is 16.8. The van der Waals surface area contributed by atoms with E-state index in [9.17, 15) is 9.59 Å². The first-order chi connectivity index (χ1) is 14.1. The molecule has 29 heavy (non-hydrogen) atoms. The van der Waals surface area contributed by atoms with Crippen LogP contribution in [0.3, 0.4) is 0 Å². The predicted octanol–water partition coefficient (Wildman–Crippen LogP) is 4.36. The molecule has 6 heteroatoms. The maximum Gasteiger partial charge on any atom is 0.250 e. The van der Waals surface area contributed by atoms with Gasteiger partial charge in [-0.05, 0) is 54.8 Å². The van der Waals surface area contributed by atoms with E-state index in [0.717, 1.165) is 56.4 Å². The van der Waals surface area contributed by atoms with Gasteiger partial charge >= 0.3 is 0 Å². The molecular formula is C23H27N3O2S. The van der Waals surface area contributed by atoms with Gasteiger partial charge in [0.1, 0.15) is 5.54 Å². The molecule has 1 spiro atoms. The fourth-order valence-electron chi connectivity index (χ4n) is 5.49. The highest BCUT2D eigenvalue weighted by Gasteiger charge is 2.52. The Morgan fingerprint density at radius 2 is 2.03 bits per heavy atom. The molecule has 0 radical (unpaired) electrons. The second kappa shape index (κ2) is 7.26. The Labute approximate surface area is 175 Å². The SMILES string of the molecule is CCC1c2ccsc2CCN1CC(=O)N1c2ccccc2NC(=O)C12CCCC2. The van der Waals surface area contributed by atoms with Gasteiger partial charge in [-0.3, -0.25) is 19.4 Å². The number of thiophene rings is 1. The number of benzene rings is 1. The number of hydrogen-bond donors (Lipinski definition) is 1. The molecule has 1 aromatic heterocycles. The molecule has 3 heterocycles. The standard InChI is InChI=1S/C23H27N3O2S/c1-2-18-16-10-14-29-20(16)9-13-25(18)15-21(27)26-19-8-4-3-7-17(19)24-22(28)23(26)11-5-6-12-23/h3-4,7-8,10,14,18H,2,5-6,9,11-13,15H2,1H3,(H,24,28). The Balaban J connectivity index is 1.48. The normalized spacial score (nSPS) is 23.0. The van der Waals surface area contributed by atoms with Gasteiger partial charge in [0.15, 0.2) is 0 Å². The smallest absolute Gasteiger partial charge is 0.250 e. The summed E-state index contributed by atoms with van der Waals surface area (Å²) in [6.45, 7) is 3.45. The topological polar surface area (TPSA) is 52.7 Å². The molecule has 1 fully saturated rings. The van der Waals surface area contributed by atoms with Gasteiger partial charge in [-0.15, -0.1) is 11.3 Å². The van der Waals surface area contributed by atoms with Gasteiger partial charge < -0.3 is 5.32 Å². The first-order valence-corrected chi connectivity index (χ1v) is 11.6. The number of amides is 2. The van der Waals surface area contributed by atoms with Crippen LogP contribution in [0.1, 0.15) is 55.5 Å².